The number of hydrogen-bond acceptors (Lipinski definition) is 1. The number of nitrogens with zero attached hydrogens (tertiary/aromatic N) is 2. The SMILES string of the molecule is Br.Fc1ccc(-n2c(-c3ccccc3)c[n+]3c2SCCC3)cc1. The quantitative estimate of drug-likeness (QED) is 0.577. The Hall–Kier alpha value is -1.59. The smallest absolute Gasteiger partial charge is 0.224 e. The Balaban J connectivity index is 0.00000156. The molecule has 2 aromatic carbocycles. The molecule has 0 bridgehead atoms. The molecule has 1 aliphatic rings. The summed E-state index contributed by atoms with van der Waals surface area (Å²) >= 11 is 1.86. The van der Waals surface area contributed by atoms with E-state index in [4.69, 9.17) is 0 Å². The van der Waals surface area contributed by atoms with Gasteiger partial charge in [0.25, 0.3) is 0 Å². The lowest BCUT2D eigenvalue weighted by molar-refractivity contribution is -0.734. The second-order valence-electron chi connectivity index (χ2n) is 5.37. The van der Waals surface area contributed by atoms with Crippen LogP contribution in [-0.2, 0) is 6.54 Å². The highest BCUT2D eigenvalue weighted by Crippen LogP contribution is 2.30. The Morgan fingerprint density at radius 1 is 1.00 bits per heavy atom. The van der Waals surface area contributed by atoms with Crippen molar-refractivity contribution in [3.8, 4) is 16.9 Å². The van der Waals surface area contributed by atoms with Gasteiger partial charge in [-0.2, -0.15) is 4.57 Å². The Morgan fingerprint density at radius 2 is 1.74 bits per heavy atom. The monoisotopic (exact) mass is 391 g/mol. The van der Waals surface area contributed by atoms with Gasteiger partial charge in [-0.15, -0.1) is 17.0 Å². The summed E-state index contributed by atoms with van der Waals surface area (Å²) in [6.45, 7) is 1.04. The minimum atomic E-state index is -0.202. The van der Waals surface area contributed by atoms with Gasteiger partial charge in [-0.25, -0.2) is 8.96 Å². The van der Waals surface area contributed by atoms with Crippen molar-refractivity contribution in [3.63, 3.8) is 0 Å². The topological polar surface area (TPSA) is 8.81 Å². The first-order valence-electron chi connectivity index (χ1n) is 7.42. The first-order chi connectivity index (χ1) is 10.8. The summed E-state index contributed by atoms with van der Waals surface area (Å²) in [4.78, 5) is 0. The van der Waals surface area contributed by atoms with Crippen LogP contribution in [0.15, 0.2) is 66.0 Å². The van der Waals surface area contributed by atoms with Crippen molar-refractivity contribution in [1.29, 1.82) is 0 Å². The molecular formula is C18H17BrFN2S+. The molecule has 2 heterocycles. The maximum absolute atomic E-state index is 13.3. The molecule has 4 rings (SSSR count). The summed E-state index contributed by atoms with van der Waals surface area (Å²) in [6, 6.07) is 17.1. The normalized spacial score (nSPS) is 13.3. The minimum absolute atomic E-state index is 0. The number of imidazole rings is 1. The van der Waals surface area contributed by atoms with Crippen LogP contribution in [0.4, 0.5) is 4.39 Å². The number of rotatable bonds is 2. The molecule has 0 amide bonds. The molecule has 0 radical (unpaired) electrons. The van der Waals surface area contributed by atoms with Crippen LogP contribution in [-0.4, -0.2) is 10.3 Å². The molecule has 0 saturated heterocycles. The van der Waals surface area contributed by atoms with Gasteiger partial charge in [0, 0.05) is 11.3 Å². The lowest BCUT2D eigenvalue weighted by Gasteiger charge is -2.09. The Labute approximate surface area is 149 Å². The molecule has 0 fully saturated rings. The van der Waals surface area contributed by atoms with Gasteiger partial charge in [-0.1, -0.05) is 30.3 Å². The van der Waals surface area contributed by atoms with Crippen LogP contribution in [0.2, 0.25) is 0 Å². The predicted molar refractivity (Wildman–Crippen MR) is 97.0 cm³/mol. The highest BCUT2D eigenvalue weighted by atomic mass is 79.9. The van der Waals surface area contributed by atoms with Crippen LogP contribution in [0.3, 0.4) is 0 Å². The van der Waals surface area contributed by atoms with Crippen LogP contribution in [0.25, 0.3) is 16.9 Å². The second-order valence-corrected chi connectivity index (χ2v) is 6.43. The van der Waals surface area contributed by atoms with E-state index in [9.17, 15) is 4.39 Å². The third-order valence-corrected chi connectivity index (χ3v) is 5.05. The lowest BCUT2D eigenvalue weighted by Crippen LogP contribution is -2.37. The van der Waals surface area contributed by atoms with Gasteiger partial charge >= 0.3 is 5.16 Å². The van der Waals surface area contributed by atoms with Gasteiger partial charge in [-0.3, -0.25) is 0 Å². The molecule has 0 spiro atoms. The van der Waals surface area contributed by atoms with Crippen LogP contribution in [0.1, 0.15) is 6.42 Å². The van der Waals surface area contributed by atoms with Crippen LogP contribution in [0, 0.1) is 5.82 Å². The average Bonchev–Trinajstić information content (AvgIpc) is 2.96. The molecule has 3 aromatic rings. The Kier molecular flexibility index (Phi) is 4.87. The first kappa shape index (κ1) is 16.3. The summed E-state index contributed by atoms with van der Waals surface area (Å²) in [5.74, 6) is 0.922. The summed E-state index contributed by atoms with van der Waals surface area (Å²) in [7, 11) is 0. The van der Waals surface area contributed by atoms with Crippen molar-refractivity contribution in [2.75, 3.05) is 5.75 Å². The van der Waals surface area contributed by atoms with Crippen LogP contribution >= 0.6 is 28.7 Å². The number of benzene rings is 2. The number of hydrogen-bond donors (Lipinski definition) is 0. The van der Waals surface area contributed by atoms with Gasteiger partial charge in [-0.05, 0) is 42.4 Å². The predicted octanol–water partition coefficient (Wildman–Crippen LogP) is 4.64. The first-order valence-corrected chi connectivity index (χ1v) is 8.41. The summed E-state index contributed by atoms with van der Waals surface area (Å²) in [5, 5.41) is 1.22. The van der Waals surface area contributed by atoms with Crippen molar-refractivity contribution in [2.45, 2.75) is 18.1 Å². The molecule has 0 unspecified atom stereocenters. The molecule has 0 atom stereocenters. The zero-order valence-electron chi connectivity index (χ0n) is 12.5. The third kappa shape index (κ3) is 3.08. The molecule has 0 aliphatic carbocycles. The molecule has 1 aliphatic heterocycles. The molecule has 1 aromatic heterocycles. The van der Waals surface area contributed by atoms with E-state index in [1.54, 1.807) is 0 Å². The fraction of sp³-hybridized carbons (Fsp3) is 0.167. The molecule has 23 heavy (non-hydrogen) atoms. The highest BCUT2D eigenvalue weighted by Gasteiger charge is 2.28. The van der Waals surface area contributed by atoms with E-state index < -0.39 is 0 Å². The van der Waals surface area contributed by atoms with E-state index >= 15 is 0 Å². The van der Waals surface area contributed by atoms with Crippen molar-refractivity contribution >= 4 is 28.7 Å². The maximum Gasteiger partial charge on any atom is 0.323 e. The van der Waals surface area contributed by atoms with Crippen molar-refractivity contribution < 1.29 is 8.96 Å². The van der Waals surface area contributed by atoms with E-state index in [1.165, 1.54) is 29.3 Å². The molecule has 0 saturated carbocycles. The lowest BCUT2D eigenvalue weighted by atomic mass is 10.1. The van der Waals surface area contributed by atoms with Gasteiger partial charge in [0.2, 0.25) is 0 Å². The van der Waals surface area contributed by atoms with E-state index in [1.807, 2.05) is 42.1 Å². The van der Waals surface area contributed by atoms with E-state index in [0.29, 0.717) is 0 Å². The van der Waals surface area contributed by atoms with Crippen molar-refractivity contribution in [1.82, 2.24) is 4.57 Å². The third-order valence-electron chi connectivity index (χ3n) is 3.88. The van der Waals surface area contributed by atoms with Crippen LogP contribution < -0.4 is 4.57 Å². The van der Waals surface area contributed by atoms with Gasteiger partial charge in [0.05, 0.1) is 6.54 Å². The van der Waals surface area contributed by atoms with Crippen molar-refractivity contribution in [2.24, 2.45) is 0 Å². The Bertz CT molecular complexity index is 800. The minimum Gasteiger partial charge on any atom is -0.224 e. The van der Waals surface area contributed by atoms with E-state index in [0.717, 1.165) is 23.7 Å². The number of halogens is 2. The van der Waals surface area contributed by atoms with Gasteiger partial charge in [0.15, 0.2) is 5.69 Å². The average molecular weight is 392 g/mol. The summed E-state index contributed by atoms with van der Waals surface area (Å²) in [5.41, 5.74) is 3.33. The molecule has 0 N–H and O–H groups in total. The highest BCUT2D eigenvalue weighted by molar-refractivity contribution is 8.93. The number of aromatic nitrogens is 2. The summed E-state index contributed by atoms with van der Waals surface area (Å²) < 4.78 is 17.8. The largest absolute Gasteiger partial charge is 0.323 e. The molecule has 2 nitrogen and oxygen atoms in total. The van der Waals surface area contributed by atoms with Gasteiger partial charge < -0.3 is 0 Å². The van der Waals surface area contributed by atoms with E-state index in [-0.39, 0.29) is 22.8 Å². The maximum atomic E-state index is 13.3. The second kappa shape index (κ2) is 6.89. The molecular weight excluding hydrogens is 375 g/mol. The summed E-state index contributed by atoms with van der Waals surface area (Å²) in [6.07, 6.45) is 3.39. The number of aryl methyl sites for hydroxylation is 1. The Morgan fingerprint density at radius 3 is 2.48 bits per heavy atom. The molecule has 118 valence electrons. The number of thioether (sulfide) groups is 1. The zero-order chi connectivity index (χ0) is 14.9. The van der Waals surface area contributed by atoms with Gasteiger partial charge in [0.1, 0.15) is 17.7 Å². The van der Waals surface area contributed by atoms with Crippen LogP contribution in [0.5, 0.6) is 0 Å². The number of fused-ring (bicyclic) bond motifs is 1. The fourth-order valence-corrected chi connectivity index (χ4v) is 3.95. The standard InChI is InChI=1S/C18H16FN2S.BrH/c19-15-7-9-16(10-8-15)21-17(14-5-2-1-3-6-14)13-20-11-4-12-22-18(20)21;/h1-3,5-10,13H,4,11-12H2;1H/q+1;. The fourth-order valence-electron chi connectivity index (χ4n) is 2.85. The van der Waals surface area contributed by atoms with E-state index in [2.05, 4.69) is 27.5 Å². The molecule has 5 heteroatoms. The zero-order valence-corrected chi connectivity index (χ0v) is 15.0. The van der Waals surface area contributed by atoms with Crippen molar-refractivity contribution in [3.05, 3.63) is 66.6 Å².